The van der Waals surface area contributed by atoms with Crippen LogP contribution in [0.1, 0.15) is 53.0 Å². The Labute approximate surface area is 148 Å². The minimum Gasteiger partial charge on any atom is -0.457 e. The number of esters is 1. The fourth-order valence-corrected chi connectivity index (χ4v) is 4.31. The molecule has 0 aromatic heterocycles. The lowest BCUT2D eigenvalue weighted by Gasteiger charge is -2.28. The summed E-state index contributed by atoms with van der Waals surface area (Å²) in [5.74, 6) is 0.0178. The highest BCUT2D eigenvalue weighted by Gasteiger charge is 2.46. The second kappa shape index (κ2) is 7.14. The lowest BCUT2D eigenvalue weighted by atomic mass is 9.73. The first kappa shape index (κ1) is 18.8. The molecule has 0 spiro atoms. The van der Waals surface area contributed by atoms with E-state index in [9.17, 15) is 9.59 Å². The van der Waals surface area contributed by atoms with Gasteiger partial charge in [0.25, 0.3) is 0 Å². The van der Waals surface area contributed by atoms with E-state index in [0.717, 1.165) is 16.9 Å². The molecule has 130 valence electrons. The van der Waals surface area contributed by atoms with Gasteiger partial charge < -0.3 is 4.74 Å². The number of rotatable bonds is 5. The van der Waals surface area contributed by atoms with Crippen LogP contribution < -0.4 is 0 Å². The maximum Gasteiger partial charge on any atom is 0.330 e. The van der Waals surface area contributed by atoms with E-state index in [0.29, 0.717) is 12.3 Å². The molecular formula is C20H26O3S. The standard InChI is InChI=1S/C20H26O3S/c1-14(2)13-20(12-8-11-17(21)23-19(3,4)5)15-9-6-7-10-16(15)24-18(20)22/h6-11,14H,12-13H2,1-5H3/b11-8+/t20-/m0/s1. The molecule has 1 aromatic carbocycles. The third-order valence-electron chi connectivity index (χ3n) is 3.88. The SMILES string of the molecule is CC(C)C[C@]1(C/C=C/C(=O)OC(C)(C)C)C(=O)Sc2ccccc21. The monoisotopic (exact) mass is 346 g/mol. The third kappa shape index (κ3) is 4.29. The predicted molar refractivity (Wildman–Crippen MR) is 98.0 cm³/mol. The number of carbonyl (C=O) groups excluding carboxylic acids is 2. The average molecular weight is 346 g/mol. The molecule has 1 atom stereocenters. The number of carbonyl (C=O) groups is 2. The van der Waals surface area contributed by atoms with Gasteiger partial charge in [0.1, 0.15) is 5.60 Å². The highest BCUT2D eigenvalue weighted by atomic mass is 32.2. The summed E-state index contributed by atoms with van der Waals surface area (Å²) in [5, 5.41) is 0.172. The lowest BCUT2D eigenvalue weighted by molar-refractivity contribution is -0.148. The molecule has 0 N–H and O–H groups in total. The van der Waals surface area contributed by atoms with Crippen molar-refractivity contribution in [3.63, 3.8) is 0 Å². The zero-order valence-electron chi connectivity index (χ0n) is 15.1. The molecule has 0 fully saturated rings. The number of hydrogen-bond acceptors (Lipinski definition) is 4. The first-order valence-corrected chi connectivity index (χ1v) is 9.17. The lowest BCUT2D eigenvalue weighted by Crippen LogP contribution is -2.32. The van der Waals surface area contributed by atoms with E-state index in [1.807, 2.05) is 45.0 Å². The first-order valence-electron chi connectivity index (χ1n) is 8.35. The van der Waals surface area contributed by atoms with Gasteiger partial charge in [0.05, 0.1) is 5.41 Å². The molecule has 4 heteroatoms. The van der Waals surface area contributed by atoms with E-state index in [4.69, 9.17) is 4.74 Å². The largest absolute Gasteiger partial charge is 0.457 e. The van der Waals surface area contributed by atoms with Crippen LogP contribution in [0, 0.1) is 5.92 Å². The topological polar surface area (TPSA) is 43.4 Å². The molecule has 2 rings (SSSR count). The van der Waals surface area contributed by atoms with Crippen LogP contribution in [0.2, 0.25) is 0 Å². The second-order valence-electron chi connectivity index (χ2n) is 7.71. The minimum absolute atomic E-state index is 0.172. The highest BCUT2D eigenvalue weighted by molar-refractivity contribution is 8.14. The second-order valence-corrected chi connectivity index (χ2v) is 8.72. The van der Waals surface area contributed by atoms with Crippen LogP contribution in [0.3, 0.4) is 0 Å². The zero-order valence-corrected chi connectivity index (χ0v) is 15.9. The Morgan fingerprint density at radius 1 is 1.29 bits per heavy atom. The maximum absolute atomic E-state index is 12.8. The summed E-state index contributed by atoms with van der Waals surface area (Å²) in [6.45, 7) is 9.77. The van der Waals surface area contributed by atoms with Crippen LogP contribution in [0.15, 0.2) is 41.3 Å². The number of allylic oxidation sites excluding steroid dienone is 1. The molecule has 1 aliphatic heterocycles. The molecule has 0 aliphatic carbocycles. The fraction of sp³-hybridized carbons (Fsp3) is 0.500. The van der Waals surface area contributed by atoms with Gasteiger partial charge in [-0.1, -0.05) is 49.9 Å². The van der Waals surface area contributed by atoms with Gasteiger partial charge in [-0.05, 0) is 51.2 Å². The number of benzene rings is 1. The maximum atomic E-state index is 12.8. The van der Waals surface area contributed by atoms with Gasteiger partial charge in [-0.2, -0.15) is 0 Å². The summed E-state index contributed by atoms with van der Waals surface area (Å²) in [5.41, 5.74) is 0.0268. The van der Waals surface area contributed by atoms with Gasteiger partial charge in [0, 0.05) is 11.0 Å². The zero-order chi connectivity index (χ0) is 18.0. The van der Waals surface area contributed by atoms with Gasteiger partial charge in [-0.3, -0.25) is 4.79 Å². The van der Waals surface area contributed by atoms with E-state index >= 15 is 0 Å². The molecule has 0 amide bonds. The van der Waals surface area contributed by atoms with Crippen molar-refractivity contribution in [2.24, 2.45) is 5.92 Å². The van der Waals surface area contributed by atoms with Crippen LogP contribution in [0.4, 0.5) is 0 Å². The van der Waals surface area contributed by atoms with Crippen LogP contribution >= 0.6 is 11.8 Å². The Balaban J connectivity index is 2.24. The Hall–Kier alpha value is -1.55. The van der Waals surface area contributed by atoms with E-state index in [2.05, 4.69) is 13.8 Å². The molecule has 1 aromatic rings. The number of thioether (sulfide) groups is 1. The average Bonchev–Trinajstić information content (AvgIpc) is 2.69. The van der Waals surface area contributed by atoms with Gasteiger partial charge in [-0.15, -0.1) is 0 Å². The fourth-order valence-electron chi connectivity index (χ4n) is 3.12. The van der Waals surface area contributed by atoms with E-state index in [-0.39, 0.29) is 11.1 Å². The molecule has 0 saturated carbocycles. The molecule has 1 heterocycles. The van der Waals surface area contributed by atoms with Crippen LogP contribution in [0.25, 0.3) is 0 Å². The summed E-state index contributed by atoms with van der Waals surface area (Å²) >= 11 is 1.32. The van der Waals surface area contributed by atoms with Crippen LogP contribution in [0.5, 0.6) is 0 Å². The molecule has 0 radical (unpaired) electrons. The van der Waals surface area contributed by atoms with Crippen molar-refractivity contribution in [3.05, 3.63) is 42.0 Å². The van der Waals surface area contributed by atoms with Gasteiger partial charge in [0.2, 0.25) is 5.12 Å². The molecule has 24 heavy (non-hydrogen) atoms. The first-order chi connectivity index (χ1) is 11.1. The molecule has 0 unspecified atom stereocenters. The Kier molecular flexibility index (Phi) is 5.59. The van der Waals surface area contributed by atoms with Crippen molar-refractivity contribution in [1.29, 1.82) is 0 Å². The van der Waals surface area contributed by atoms with Gasteiger partial charge in [-0.25, -0.2) is 4.79 Å². The molecular weight excluding hydrogens is 320 g/mol. The molecule has 1 aliphatic rings. The van der Waals surface area contributed by atoms with Crippen molar-refractivity contribution in [3.8, 4) is 0 Å². The quantitative estimate of drug-likeness (QED) is 0.562. The Morgan fingerprint density at radius 2 is 1.96 bits per heavy atom. The summed E-state index contributed by atoms with van der Waals surface area (Å²) < 4.78 is 5.30. The van der Waals surface area contributed by atoms with Crippen molar-refractivity contribution < 1.29 is 14.3 Å². The normalized spacial score (nSPS) is 20.7. The van der Waals surface area contributed by atoms with Crippen molar-refractivity contribution in [1.82, 2.24) is 0 Å². The summed E-state index contributed by atoms with van der Waals surface area (Å²) in [6, 6.07) is 7.97. The van der Waals surface area contributed by atoms with Gasteiger partial charge in [0.15, 0.2) is 0 Å². The number of hydrogen-bond donors (Lipinski definition) is 0. The summed E-state index contributed by atoms with van der Waals surface area (Å²) in [7, 11) is 0. The van der Waals surface area contributed by atoms with E-state index < -0.39 is 11.0 Å². The van der Waals surface area contributed by atoms with Crippen molar-refractivity contribution in [2.75, 3.05) is 0 Å². The molecule has 3 nitrogen and oxygen atoms in total. The van der Waals surface area contributed by atoms with Crippen LogP contribution in [-0.4, -0.2) is 16.7 Å². The summed E-state index contributed by atoms with van der Waals surface area (Å²) in [4.78, 5) is 25.7. The minimum atomic E-state index is -0.548. The van der Waals surface area contributed by atoms with Crippen molar-refractivity contribution >= 4 is 22.8 Å². The van der Waals surface area contributed by atoms with E-state index in [1.165, 1.54) is 17.8 Å². The smallest absolute Gasteiger partial charge is 0.330 e. The Morgan fingerprint density at radius 3 is 2.58 bits per heavy atom. The molecule has 0 saturated heterocycles. The third-order valence-corrected chi connectivity index (χ3v) is 5.03. The van der Waals surface area contributed by atoms with Gasteiger partial charge >= 0.3 is 5.97 Å². The van der Waals surface area contributed by atoms with Crippen LogP contribution in [-0.2, 0) is 19.7 Å². The van der Waals surface area contributed by atoms with Crippen molar-refractivity contribution in [2.45, 2.75) is 63.4 Å². The Bertz CT molecular complexity index is 655. The number of ether oxygens (including phenoxy) is 1. The van der Waals surface area contributed by atoms with E-state index in [1.54, 1.807) is 6.08 Å². The predicted octanol–water partition coefficient (Wildman–Crippen LogP) is 4.89. The summed E-state index contributed by atoms with van der Waals surface area (Å²) in [6.07, 6.45) is 4.53. The number of fused-ring (bicyclic) bond motifs is 1. The highest BCUT2D eigenvalue weighted by Crippen LogP contribution is 2.50. The molecule has 0 bridgehead atoms.